The third-order valence-electron chi connectivity index (χ3n) is 23.2. The van der Waals surface area contributed by atoms with Crippen molar-refractivity contribution in [2.75, 3.05) is 0 Å². The quantitative estimate of drug-likeness (QED) is 0.275. The predicted molar refractivity (Wildman–Crippen MR) is 242 cm³/mol. The molecule has 10 saturated carbocycles. The molecule has 13 aliphatic rings. The summed E-state index contributed by atoms with van der Waals surface area (Å²) in [5.41, 5.74) is 0.684. The fraction of sp³-hybridized carbons (Fsp3) is 1.00. The first-order valence-electron chi connectivity index (χ1n) is 28.0. The van der Waals surface area contributed by atoms with Gasteiger partial charge in [0.2, 0.25) is 0 Å². The lowest BCUT2D eigenvalue weighted by atomic mass is 9.48. The first kappa shape index (κ1) is 39.6. The first-order valence-corrected chi connectivity index (χ1v) is 28.9. The van der Waals surface area contributed by atoms with E-state index < -0.39 is 0 Å². The molecule has 0 radical (unpaired) electrons. The summed E-state index contributed by atoms with van der Waals surface area (Å²) in [7, 11) is 0. The van der Waals surface area contributed by atoms with E-state index in [4.69, 9.17) is 9.47 Å². The average molecular weight is 826 g/mol. The number of ether oxygens (including phenoxy) is 2. The number of thioether (sulfide) groups is 1. The zero-order valence-electron chi connectivity index (χ0n) is 37.6. The summed E-state index contributed by atoms with van der Waals surface area (Å²) in [4.78, 5) is 3.53. The van der Waals surface area contributed by atoms with Crippen molar-refractivity contribution < 1.29 is 9.47 Å². The molecule has 4 heteroatoms. The van der Waals surface area contributed by atoms with E-state index in [0.717, 1.165) is 99.6 Å². The van der Waals surface area contributed by atoms with Crippen molar-refractivity contribution in [1.29, 1.82) is 0 Å². The summed E-state index contributed by atoms with van der Waals surface area (Å²) in [6.07, 6.45) is 52.4. The largest absolute Gasteiger partial charge is 0.374 e. The van der Waals surface area contributed by atoms with Gasteiger partial charge in [0.05, 0.1) is 24.4 Å². The van der Waals surface area contributed by atoms with Crippen molar-refractivity contribution in [3.05, 3.63) is 0 Å². The Balaban J connectivity index is 0.858. The van der Waals surface area contributed by atoms with Crippen LogP contribution in [0.1, 0.15) is 212 Å². The monoisotopic (exact) mass is 826 g/mol. The van der Waals surface area contributed by atoms with Crippen molar-refractivity contribution in [2.24, 2.45) is 76.4 Å². The van der Waals surface area contributed by atoms with Gasteiger partial charge >= 0.3 is 0 Å². The van der Waals surface area contributed by atoms with E-state index in [1.807, 2.05) is 0 Å². The van der Waals surface area contributed by atoms with Crippen molar-refractivity contribution in [2.45, 2.75) is 265 Å². The second kappa shape index (κ2) is 16.3. The van der Waals surface area contributed by atoms with Crippen LogP contribution in [-0.2, 0) is 9.47 Å². The molecule has 0 aromatic rings. The van der Waals surface area contributed by atoms with E-state index in [9.17, 15) is 0 Å². The number of hydrogen-bond donors (Lipinski definition) is 0. The van der Waals surface area contributed by atoms with Gasteiger partial charge in [0, 0.05) is 34.5 Å². The summed E-state index contributed by atoms with van der Waals surface area (Å²) in [5.74, 6) is 11.8. The average Bonchev–Trinajstić information content (AvgIpc) is 4.05. The molecule has 3 heterocycles. The Bertz CT molecular complexity index is 1450. The van der Waals surface area contributed by atoms with Gasteiger partial charge in [-0.1, -0.05) is 83.5 Å². The molecule has 0 amide bonds. The molecule has 13 rings (SSSR count). The molecule has 3 saturated heterocycles. The molecule has 3 aliphatic heterocycles. The number of fused-ring (bicyclic) bond motifs is 13. The van der Waals surface area contributed by atoms with Crippen LogP contribution in [0.3, 0.4) is 0 Å². The van der Waals surface area contributed by atoms with Gasteiger partial charge in [-0.15, -0.1) is 0 Å². The second-order valence-corrected chi connectivity index (χ2v) is 26.3. The maximum absolute atomic E-state index is 7.27. The van der Waals surface area contributed by atoms with E-state index in [-0.39, 0.29) is 0 Å². The van der Waals surface area contributed by atoms with Crippen LogP contribution < -0.4 is 0 Å². The fourth-order valence-corrected chi connectivity index (χ4v) is 24.0. The molecule has 10 aliphatic carbocycles. The van der Waals surface area contributed by atoms with Gasteiger partial charge in [0.15, 0.2) is 0 Å². The lowest BCUT2D eigenvalue weighted by molar-refractivity contribution is -0.0950. The minimum atomic E-state index is 0.566. The molecule has 3 nitrogen and oxygen atoms in total. The van der Waals surface area contributed by atoms with Crippen molar-refractivity contribution >= 4 is 11.8 Å². The Labute approximate surface area is 365 Å². The maximum atomic E-state index is 7.27. The third-order valence-corrected chi connectivity index (χ3v) is 25.1. The van der Waals surface area contributed by atoms with Crippen LogP contribution >= 0.6 is 11.8 Å². The molecule has 0 aromatic carbocycles. The van der Waals surface area contributed by atoms with Gasteiger partial charge < -0.3 is 9.47 Å². The maximum Gasteiger partial charge on any atom is 0.0625 e. The highest BCUT2D eigenvalue weighted by Gasteiger charge is 2.67. The molecule has 0 bridgehead atoms. The molecule has 19 unspecified atom stereocenters. The summed E-state index contributed by atoms with van der Waals surface area (Å²) in [5, 5.41) is 1.78. The summed E-state index contributed by atoms with van der Waals surface area (Å²) in [6, 6.07) is 2.43. The van der Waals surface area contributed by atoms with Gasteiger partial charge in [0.1, 0.15) is 0 Å². The van der Waals surface area contributed by atoms with Crippen LogP contribution in [0, 0.1) is 76.4 Å². The molecule has 13 fully saturated rings. The Hall–Kier alpha value is 0.230. The van der Waals surface area contributed by atoms with Crippen LogP contribution in [0.2, 0.25) is 0 Å². The fourth-order valence-electron chi connectivity index (χ4n) is 21.6. The Kier molecular flexibility index (Phi) is 10.9. The zero-order valence-corrected chi connectivity index (χ0v) is 38.4. The van der Waals surface area contributed by atoms with E-state index in [1.165, 1.54) is 109 Å². The Morgan fingerprint density at radius 3 is 1.68 bits per heavy atom. The lowest BCUT2D eigenvalue weighted by Gasteiger charge is -2.58. The van der Waals surface area contributed by atoms with E-state index >= 15 is 0 Å². The van der Waals surface area contributed by atoms with E-state index in [1.54, 1.807) is 103 Å². The van der Waals surface area contributed by atoms with E-state index in [0.29, 0.717) is 29.8 Å². The summed E-state index contributed by atoms with van der Waals surface area (Å²) in [6.45, 7) is 0. The molecule has 19 atom stereocenters. The van der Waals surface area contributed by atoms with Crippen LogP contribution in [0.15, 0.2) is 0 Å². The normalized spacial score (nSPS) is 53.3. The Morgan fingerprint density at radius 2 is 0.898 bits per heavy atom. The smallest absolute Gasteiger partial charge is 0.0625 e. The van der Waals surface area contributed by atoms with Gasteiger partial charge in [-0.2, -0.15) is 11.8 Å². The standard InChI is InChI=1S/C55H87NO2S/c1-3-14-34(15-4-1)55(35-16-5-2-6-17-35)45-22-10-7-18-38(45)39-28-26-36(32-46(39)55)56(37-27-29-41-40-19-8-11-24-48(40)58-51(41)33-37)47-23-13-21-42-43-30-31-50-52(54(43)59-53(42)47)44-20-9-12-25-49(44)57-50/h34-54H,1-33H2. The lowest BCUT2D eigenvalue weighted by Crippen LogP contribution is -2.59. The van der Waals surface area contributed by atoms with Gasteiger partial charge in [-0.3, -0.25) is 4.90 Å². The second-order valence-electron chi connectivity index (χ2n) is 24.9. The van der Waals surface area contributed by atoms with Crippen LogP contribution in [0.4, 0.5) is 0 Å². The van der Waals surface area contributed by atoms with Gasteiger partial charge in [-0.05, 0) is 199 Å². The molecular weight excluding hydrogens is 739 g/mol. The molecule has 330 valence electrons. The molecule has 59 heavy (non-hydrogen) atoms. The molecule has 0 spiro atoms. The number of rotatable bonds is 5. The van der Waals surface area contributed by atoms with Crippen LogP contribution in [0.5, 0.6) is 0 Å². The van der Waals surface area contributed by atoms with Gasteiger partial charge in [0.25, 0.3) is 0 Å². The van der Waals surface area contributed by atoms with Crippen molar-refractivity contribution in [3.8, 4) is 0 Å². The van der Waals surface area contributed by atoms with Crippen LogP contribution in [-0.4, -0.2) is 57.9 Å². The first-order chi connectivity index (χ1) is 29.3. The van der Waals surface area contributed by atoms with Crippen molar-refractivity contribution in [3.63, 3.8) is 0 Å². The summed E-state index contributed by atoms with van der Waals surface area (Å²) >= 11 is 2.64. The predicted octanol–water partition coefficient (Wildman–Crippen LogP) is 13.8. The number of hydrogen-bond acceptors (Lipinski definition) is 4. The molecular formula is C55H87NO2S. The minimum absolute atomic E-state index is 0.566. The Morgan fingerprint density at radius 1 is 0.356 bits per heavy atom. The zero-order chi connectivity index (χ0) is 38.7. The van der Waals surface area contributed by atoms with Gasteiger partial charge in [-0.25, -0.2) is 0 Å². The minimum Gasteiger partial charge on any atom is -0.374 e. The topological polar surface area (TPSA) is 21.7 Å². The van der Waals surface area contributed by atoms with Crippen LogP contribution in [0.25, 0.3) is 0 Å². The molecule has 0 aromatic heterocycles. The number of nitrogens with zero attached hydrogens (tertiary/aromatic N) is 1. The third kappa shape index (κ3) is 6.35. The van der Waals surface area contributed by atoms with E-state index in [2.05, 4.69) is 16.7 Å². The summed E-state index contributed by atoms with van der Waals surface area (Å²) < 4.78 is 14.3. The highest BCUT2D eigenvalue weighted by Crippen LogP contribution is 2.72. The highest BCUT2D eigenvalue weighted by molar-refractivity contribution is 8.00. The van der Waals surface area contributed by atoms with Crippen molar-refractivity contribution in [1.82, 2.24) is 4.90 Å². The molecule has 0 N–H and O–H groups in total. The highest BCUT2D eigenvalue weighted by atomic mass is 32.2. The SMILES string of the molecule is C1CCC(C2(C3CCCCC3)C3CCCCC3C3CCC(N(C4CCC5C(C4)OC4CCCCC45)C4CCCC5C6CCC7OC8CCCCC8C7C6SC54)CC32)CC1.